The van der Waals surface area contributed by atoms with Crippen LogP contribution in [0, 0.1) is 0 Å². The average Bonchev–Trinajstić information content (AvgIpc) is 2.39. The lowest BCUT2D eigenvalue weighted by Gasteiger charge is -2.05. The largest absolute Gasteiger partial charge is 0.433 e. The molecule has 0 bridgehead atoms. The Labute approximate surface area is 107 Å². The van der Waals surface area contributed by atoms with E-state index in [0.29, 0.717) is 0 Å². The normalized spacial score (nSPS) is 11.7. The first-order valence-electron chi connectivity index (χ1n) is 5.30. The van der Waals surface area contributed by atoms with Gasteiger partial charge in [-0.05, 0) is 11.6 Å². The van der Waals surface area contributed by atoms with E-state index in [4.69, 9.17) is 0 Å². The highest BCUT2D eigenvalue weighted by Crippen LogP contribution is 2.27. The number of anilines is 1. The molecule has 0 radical (unpaired) electrons. The molecule has 4 nitrogen and oxygen atoms in total. The van der Waals surface area contributed by atoms with Crippen LogP contribution in [0.25, 0.3) is 0 Å². The Morgan fingerprint density at radius 3 is 2.53 bits per heavy atom. The highest BCUT2D eigenvalue weighted by atomic mass is 19.4. The van der Waals surface area contributed by atoms with E-state index in [2.05, 4.69) is 20.5 Å². The molecular formula is C12H9F3N4. The molecule has 0 aliphatic rings. The zero-order chi connectivity index (χ0) is 13.7. The Morgan fingerprint density at radius 2 is 1.84 bits per heavy atom. The Hall–Kier alpha value is -2.44. The van der Waals surface area contributed by atoms with Crippen LogP contribution in [0.15, 0.2) is 47.7 Å². The van der Waals surface area contributed by atoms with Gasteiger partial charge in [-0.2, -0.15) is 18.3 Å². The first-order chi connectivity index (χ1) is 9.05. The van der Waals surface area contributed by atoms with Crippen molar-refractivity contribution in [1.82, 2.24) is 9.97 Å². The molecule has 1 heterocycles. The van der Waals surface area contributed by atoms with Crippen molar-refractivity contribution < 1.29 is 13.2 Å². The Morgan fingerprint density at radius 1 is 1.11 bits per heavy atom. The molecule has 2 aromatic rings. The molecule has 19 heavy (non-hydrogen) atoms. The predicted octanol–water partition coefficient (Wildman–Crippen LogP) is 2.94. The van der Waals surface area contributed by atoms with E-state index >= 15 is 0 Å². The second kappa shape index (κ2) is 5.47. The van der Waals surface area contributed by atoms with E-state index in [1.165, 1.54) is 6.21 Å². The molecule has 0 spiro atoms. The lowest BCUT2D eigenvalue weighted by Crippen LogP contribution is -2.09. The highest BCUT2D eigenvalue weighted by molar-refractivity contribution is 5.79. The molecule has 0 saturated carbocycles. The summed E-state index contributed by atoms with van der Waals surface area (Å²) < 4.78 is 37.2. The van der Waals surface area contributed by atoms with Crippen molar-refractivity contribution in [3.8, 4) is 0 Å². The van der Waals surface area contributed by atoms with E-state index in [1.54, 1.807) is 12.1 Å². The monoisotopic (exact) mass is 266 g/mol. The van der Waals surface area contributed by atoms with Gasteiger partial charge in [0.25, 0.3) is 0 Å². The molecule has 0 saturated heterocycles. The SMILES string of the molecule is FC(F)(F)c1ccnc(NN=Cc2ccccc2)n1. The fourth-order valence-corrected chi connectivity index (χ4v) is 1.27. The third kappa shape index (κ3) is 3.77. The molecule has 1 N–H and O–H groups in total. The summed E-state index contributed by atoms with van der Waals surface area (Å²) in [7, 11) is 0. The van der Waals surface area contributed by atoms with Crippen LogP contribution in [0.2, 0.25) is 0 Å². The van der Waals surface area contributed by atoms with E-state index in [-0.39, 0.29) is 5.95 Å². The van der Waals surface area contributed by atoms with Gasteiger partial charge in [0.1, 0.15) is 5.69 Å². The van der Waals surface area contributed by atoms with Gasteiger partial charge in [0.15, 0.2) is 0 Å². The van der Waals surface area contributed by atoms with Gasteiger partial charge in [-0.15, -0.1) is 0 Å². The van der Waals surface area contributed by atoms with Crippen LogP contribution >= 0.6 is 0 Å². The lowest BCUT2D eigenvalue weighted by atomic mass is 10.2. The van der Waals surface area contributed by atoms with Gasteiger partial charge in [-0.25, -0.2) is 15.4 Å². The van der Waals surface area contributed by atoms with Crippen LogP contribution in [0.5, 0.6) is 0 Å². The van der Waals surface area contributed by atoms with Gasteiger partial charge in [-0.3, -0.25) is 0 Å². The van der Waals surface area contributed by atoms with E-state index in [1.807, 2.05) is 18.2 Å². The molecule has 0 aliphatic heterocycles. The fraction of sp³-hybridized carbons (Fsp3) is 0.0833. The van der Waals surface area contributed by atoms with Crippen molar-refractivity contribution >= 4 is 12.2 Å². The van der Waals surface area contributed by atoms with Gasteiger partial charge >= 0.3 is 6.18 Å². The second-order valence-corrected chi connectivity index (χ2v) is 3.54. The third-order valence-corrected chi connectivity index (χ3v) is 2.12. The number of hydrazone groups is 1. The minimum absolute atomic E-state index is 0.206. The molecule has 1 aromatic heterocycles. The molecule has 0 atom stereocenters. The number of nitrogens with one attached hydrogen (secondary N) is 1. The van der Waals surface area contributed by atoms with Crippen LogP contribution in [-0.4, -0.2) is 16.2 Å². The Bertz CT molecular complexity index is 567. The first kappa shape index (κ1) is 13.0. The maximum absolute atomic E-state index is 12.4. The summed E-state index contributed by atoms with van der Waals surface area (Å²) in [5.74, 6) is -0.206. The predicted molar refractivity (Wildman–Crippen MR) is 64.7 cm³/mol. The van der Waals surface area contributed by atoms with Gasteiger partial charge in [0.05, 0.1) is 6.21 Å². The molecule has 98 valence electrons. The van der Waals surface area contributed by atoms with Gasteiger partial charge in [0.2, 0.25) is 5.95 Å². The maximum Gasteiger partial charge on any atom is 0.433 e. The van der Waals surface area contributed by atoms with E-state index in [9.17, 15) is 13.2 Å². The highest BCUT2D eigenvalue weighted by Gasteiger charge is 2.32. The molecule has 0 amide bonds. The fourth-order valence-electron chi connectivity index (χ4n) is 1.27. The summed E-state index contributed by atoms with van der Waals surface area (Å²) in [4.78, 5) is 6.96. The van der Waals surface area contributed by atoms with Crippen molar-refractivity contribution in [3.05, 3.63) is 53.9 Å². The van der Waals surface area contributed by atoms with Gasteiger partial charge in [-0.1, -0.05) is 30.3 Å². The molecule has 0 aliphatic carbocycles. The molecule has 1 aromatic carbocycles. The molecule has 0 unspecified atom stereocenters. The third-order valence-electron chi connectivity index (χ3n) is 2.12. The first-order valence-corrected chi connectivity index (χ1v) is 5.30. The van der Waals surface area contributed by atoms with Gasteiger partial charge in [0, 0.05) is 6.20 Å². The second-order valence-electron chi connectivity index (χ2n) is 3.54. The minimum Gasteiger partial charge on any atom is -0.245 e. The Balaban J connectivity index is 2.06. The molecule has 0 fully saturated rings. The number of hydrogen-bond acceptors (Lipinski definition) is 4. The summed E-state index contributed by atoms with van der Waals surface area (Å²) in [6, 6.07) is 9.90. The average molecular weight is 266 g/mol. The summed E-state index contributed by atoms with van der Waals surface area (Å²) in [5.41, 5.74) is 2.15. The van der Waals surface area contributed by atoms with Crippen LogP contribution in [-0.2, 0) is 6.18 Å². The Kier molecular flexibility index (Phi) is 3.74. The zero-order valence-electron chi connectivity index (χ0n) is 9.59. The number of halogens is 3. The van der Waals surface area contributed by atoms with E-state index < -0.39 is 11.9 Å². The van der Waals surface area contributed by atoms with Crippen LogP contribution < -0.4 is 5.43 Å². The number of benzene rings is 1. The maximum atomic E-state index is 12.4. The smallest absolute Gasteiger partial charge is 0.245 e. The summed E-state index contributed by atoms with van der Waals surface area (Å²) >= 11 is 0. The van der Waals surface area contributed by atoms with Gasteiger partial charge < -0.3 is 0 Å². The molecular weight excluding hydrogens is 257 g/mol. The standard InChI is InChI=1S/C12H9F3N4/c13-12(14,15)10-6-7-16-11(18-10)19-17-8-9-4-2-1-3-5-9/h1-8H,(H,16,18,19). The number of nitrogens with zero attached hydrogens (tertiary/aromatic N) is 3. The number of rotatable bonds is 3. The summed E-state index contributed by atoms with van der Waals surface area (Å²) in [6.45, 7) is 0. The van der Waals surface area contributed by atoms with Crippen molar-refractivity contribution in [2.45, 2.75) is 6.18 Å². The van der Waals surface area contributed by atoms with Crippen molar-refractivity contribution in [2.24, 2.45) is 5.10 Å². The number of aromatic nitrogens is 2. The van der Waals surface area contributed by atoms with Crippen LogP contribution in [0.4, 0.5) is 19.1 Å². The van der Waals surface area contributed by atoms with E-state index in [0.717, 1.165) is 17.8 Å². The quantitative estimate of drug-likeness (QED) is 0.686. The van der Waals surface area contributed by atoms with Crippen molar-refractivity contribution in [3.63, 3.8) is 0 Å². The zero-order valence-corrected chi connectivity index (χ0v) is 9.59. The van der Waals surface area contributed by atoms with Crippen LogP contribution in [0.1, 0.15) is 11.3 Å². The molecule has 7 heteroatoms. The van der Waals surface area contributed by atoms with Crippen molar-refractivity contribution in [1.29, 1.82) is 0 Å². The topological polar surface area (TPSA) is 50.2 Å². The minimum atomic E-state index is -4.50. The summed E-state index contributed by atoms with van der Waals surface area (Å²) in [6.07, 6.45) is -2.01. The molecule has 2 rings (SSSR count). The van der Waals surface area contributed by atoms with Crippen molar-refractivity contribution in [2.75, 3.05) is 5.43 Å². The number of alkyl halides is 3. The van der Waals surface area contributed by atoms with Crippen LogP contribution in [0.3, 0.4) is 0 Å². The number of hydrogen-bond donors (Lipinski definition) is 1. The lowest BCUT2D eigenvalue weighted by molar-refractivity contribution is -0.141. The summed E-state index contributed by atoms with van der Waals surface area (Å²) in [5, 5.41) is 3.77.